The molecule has 132 valence electrons. The van der Waals surface area contributed by atoms with Gasteiger partial charge in [-0.3, -0.25) is 9.89 Å². The highest BCUT2D eigenvalue weighted by atomic mass is 79.9. The van der Waals surface area contributed by atoms with Crippen LogP contribution in [-0.4, -0.2) is 50.4 Å². The van der Waals surface area contributed by atoms with Crippen molar-refractivity contribution in [3.8, 4) is 11.5 Å². The molecule has 0 saturated carbocycles. The molecule has 0 amide bonds. The summed E-state index contributed by atoms with van der Waals surface area (Å²) in [4.78, 5) is 6.84. The Morgan fingerprint density at radius 1 is 1.38 bits per heavy atom. The van der Waals surface area contributed by atoms with Crippen molar-refractivity contribution in [2.75, 3.05) is 33.5 Å². The van der Waals surface area contributed by atoms with Crippen LogP contribution in [0.1, 0.15) is 25.3 Å². The molecule has 7 heteroatoms. The normalized spacial score (nSPS) is 20.5. The minimum Gasteiger partial charge on any atom is -0.454 e. The lowest BCUT2D eigenvalue weighted by Gasteiger charge is -2.24. The van der Waals surface area contributed by atoms with Crippen LogP contribution in [-0.2, 0) is 6.54 Å². The van der Waals surface area contributed by atoms with Crippen LogP contribution < -0.4 is 20.1 Å². The average Bonchev–Trinajstić information content (AvgIpc) is 3.23. The van der Waals surface area contributed by atoms with Crippen LogP contribution in [0.3, 0.4) is 0 Å². The maximum Gasteiger partial charge on any atom is 0.231 e. The molecule has 1 saturated heterocycles. The van der Waals surface area contributed by atoms with E-state index in [1.54, 1.807) is 7.05 Å². The SMILES string of the molecule is CCN1CCCC1CNC(=NC)NCc1cc(Br)c2c(c1)OCO2. The summed E-state index contributed by atoms with van der Waals surface area (Å²) in [5, 5.41) is 6.81. The highest BCUT2D eigenvalue weighted by Gasteiger charge is 2.23. The first-order valence-electron chi connectivity index (χ1n) is 8.48. The zero-order valence-corrected chi connectivity index (χ0v) is 15.9. The topological polar surface area (TPSA) is 58.1 Å². The van der Waals surface area contributed by atoms with Crippen molar-refractivity contribution < 1.29 is 9.47 Å². The Morgan fingerprint density at radius 2 is 2.25 bits per heavy atom. The molecule has 24 heavy (non-hydrogen) atoms. The number of likely N-dealkylation sites (tertiary alicyclic amines) is 1. The molecule has 1 unspecified atom stereocenters. The summed E-state index contributed by atoms with van der Waals surface area (Å²) in [5.74, 6) is 2.39. The minimum absolute atomic E-state index is 0.281. The van der Waals surface area contributed by atoms with Gasteiger partial charge >= 0.3 is 0 Å². The molecule has 1 atom stereocenters. The Morgan fingerprint density at radius 3 is 3.04 bits per heavy atom. The van der Waals surface area contributed by atoms with Crippen LogP contribution in [0.2, 0.25) is 0 Å². The molecule has 3 rings (SSSR count). The first-order chi connectivity index (χ1) is 11.7. The van der Waals surface area contributed by atoms with E-state index in [9.17, 15) is 0 Å². The number of likely N-dealkylation sites (N-methyl/N-ethyl adjacent to an activating group) is 1. The lowest BCUT2D eigenvalue weighted by Crippen LogP contribution is -2.44. The van der Waals surface area contributed by atoms with Gasteiger partial charge < -0.3 is 20.1 Å². The number of halogens is 1. The van der Waals surface area contributed by atoms with Crippen LogP contribution >= 0.6 is 15.9 Å². The van der Waals surface area contributed by atoms with Gasteiger partial charge in [0.25, 0.3) is 0 Å². The number of guanidine groups is 1. The first kappa shape index (κ1) is 17.4. The van der Waals surface area contributed by atoms with Crippen molar-refractivity contribution in [1.82, 2.24) is 15.5 Å². The number of hydrogen-bond acceptors (Lipinski definition) is 4. The summed E-state index contributed by atoms with van der Waals surface area (Å²) in [6, 6.07) is 4.65. The van der Waals surface area contributed by atoms with Crippen LogP contribution in [0.5, 0.6) is 11.5 Å². The third kappa shape index (κ3) is 3.95. The molecule has 2 aliphatic heterocycles. The molecule has 1 aromatic rings. The Kier molecular flexibility index (Phi) is 5.84. The number of rotatable bonds is 5. The number of hydrogen-bond donors (Lipinski definition) is 2. The van der Waals surface area contributed by atoms with Gasteiger partial charge in [-0.2, -0.15) is 0 Å². The van der Waals surface area contributed by atoms with Crippen molar-refractivity contribution in [3.63, 3.8) is 0 Å². The van der Waals surface area contributed by atoms with Gasteiger partial charge in [0.15, 0.2) is 17.5 Å². The second-order valence-electron chi connectivity index (χ2n) is 6.04. The van der Waals surface area contributed by atoms with Gasteiger partial charge in [-0.1, -0.05) is 6.92 Å². The van der Waals surface area contributed by atoms with Crippen molar-refractivity contribution in [1.29, 1.82) is 0 Å². The van der Waals surface area contributed by atoms with E-state index in [4.69, 9.17) is 9.47 Å². The molecule has 0 aromatic heterocycles. The number of ether oxygens (including phenoxy) is 2. The Balaban J connectivity index is 1.52. The summed E-state index contributed by atoms with van der Waals surface area (Å²) in [7, 11) is 1.80. The molecule has 0 aliphatic carbocycles. The van der Waals surface area contributed by atoms with Crippen LogP contribution in [0.15, 0.2) is 21.6 Å². The number of benzene rings is 1. The Bertz CT molecular complexity index is 608. The minimum atomic E-state index is 0.281. The molecule has 2 heterocycles. The molecule has 0 spiro atoms. The van der Waals surface area contributed by atoms with E-state index in [-0.39, 0.29) is 6.79 Å². The average molecular weight is 397 g/mol. The predicted octanol–water partition coefficient (Wildman–Crippen LogP) is 2.33. The van der Waals surface area contributed by atoms with E-state index in [0.717, 1.165) is 40.6 Å². The molecule has 2 N–H and O–H groups in total. The van der Waals surface area contributed by atoms with E-state index in [1.165, 1.54) is 19.4 Å². The summed E-state index contributed by atoms with van der Waals surface area (Å²) in [6.45, 7) is 6.44. The molecule has 0 radical (unpaired) electrons. The fraction of sp³-hybridized carbons (Fsp3) is 0.588. The Hall–Kier alpha value is -1.47. The standard InChI is InChI=1S/C17H25BrN4O2/c1-3-22-6-4-5-13(22)10-21-17(19-2)20-9-12-7-14(18)16-15(8-12)23-11-24-16/h7-8,13H,3-6,9-11H2,1-2H3,(H2,19,20,21). The van der Waals surface area contributed by atoms with E-state index >= 15 is 0 Å². The van der Waals surface area contributed by atoms with Crippen LogP contribution in [0.25, 0.3) is 0 Å². The summed E-state index contributed by atoms with van der Waals surface area (Å²) >= 11 is 3.53. The van der Waals surface area contributed by atoms with Crippen molar-refractivity contribution in [3.05, 3.63) is 22.2 Å². The molecule has 1 fully saturated rings. The van der Waals surface area contributed by atoms with Crippen molar-refractivity contribution in [2.45, 2.75) is 32.4 Å². The number of fused-ring (bicyclic) bond motifs is 1. The van der Waals surface area contributed by atoms with Crippen LogP contribution in [0.4, 0.5) is 0 Å². The summed E-state index contributed by atoms with van der Waals surface area (Å²) in [6.07, 6.45) is 2.55. The molecule has 6 nitrogen and oxygen atoms in total. The van der Waals surface area contributed by atoms with Crippen LogP contribution in [0, 0.1) is 0 Å². The van der Waals surface area contributed by atoms with Crippen molar-refractivity contribution in [2.24, 2.45) is 4.99 Å². The lowest BCUT2D eigenvalue weighted by molar-refractivity contribution is 0.173. The smallest absolute Gasteiger partial charge is 0.231 e. The summed E-state index contributed by atoms with van der Waals surface area (Å²) < 4.78 is 11.8. The van der Waals surface area contributed by atoms with Gasteiger partial charge in [0.2, 0.25) is 6.79 Å². The number of nitrogens with one attached hydrogen (secondary N) is 2. The van der Waals surface area contributed by atoms with Crippen molar-refractivity contribution >= 4 is 21.9 Å². The quantitative estimate of drug-likeness (QED) is 0.590. The predicted molar refractivity (Wildman–Crippen MR) is 98.7 cm³/mol. The fourth-order valence-electron chi connectivity index (χ4n) is 3.29. The van der Waals surface area contributed by atoms with Gasteiger partial charge in [-0.05, 0) is 59.6 Å². The highest BCUT2D eigenvalue weighted by Crippen LogP contribution is 2.39. The van der Waals surface area contributed by atoms with E-state index < -0.39 is 0 Å². The largest absolute Gasteiger partial charge is 0.454 e. The van der Waals surface area contributed by atoms with Gasteiger partial charge in [0, 0.05) is 26.2 Å². The molecule has 2 aliphatic rings. The van der Waals surface area contributed by atoms with Gasteiger partial charge in [0.05, 0.1) is 4.47 Å². The Labute approximate surface area is 151 Å². The van der Waals surface area contributed by atoms with E-state index in [0.29, 0.717) is 12.6 Å². The van der Waals surface area contributed by atoms with Gasteiger partial charge in [0.1, 0.15) is 0 Å². The second-order valence-corrected chi connectivity index (χ2v) is 6.90. The molecule has 0 bridgehead atoms. The fourth-order valence-corrected chi connectivity index (χ4v) is 3.89. The lowest BCUT2D eigenvalue weighted by atomic mass is 10.2. The van der Waals surface area contributed by atoms with Gasteiger partial charge in [-0.25, -0.2) is 0 Å². The zero-order valence-electron chi connectivity index (χ0n) is 14.3. The number of nitrogens with zero attached hydrogens (tertiary/aromatic N) is 2. The van der Waals surface area contributed by atoms with Gasteiger partial charge in [-0.15, -0.1) is 0 Å². The summed E-state index contributed by atoms with van der Waals surface area (Å²) in [5.41, 5.74) is 1.12. The monoisotopic (exact) mass is 396 g/mol. The molecular weight excluding hydrogens is 372 g/mol. The second kappa shape index (κ2) is 8.07. The van der Waals surface area contributed by atoms with E-state index in [2.05, 4.69) is 43.4 Å². The highest BCUT2D eigenvalue weighted by molar-refractivity contribution is 9.10. The first-order valence-corrected chi connectivity index (χ1v) is 9.27. The maximum absolute atomic E-state index is 5.46. The molecular formula is C17H25BrN4O2. The number of aliphatic imine (C=N–C) groups is 1. The van der Waals surface area contributed by atoms with E-state index in [1.807, 2.05) is 12.1 Å². The third-order valence-corrected chi connectivity index (χ3v) is 5.17. The zero-order chi connectivity index (χ0) is 16.9. The maximum atomic E-state index is 5.46. The molecule has 1 aromatic carbocycles. The third-order valence-electron chi connectivity index (χ3n) is 4.58.